The van der Waals surface area contributed by atoms with Gasteiger partial charge in [0.2, 0.25) is 0 Å². The predicted molar refractivity (Wildman–Crippen MR) is 70.5 cm³/mol. The van der Waals surface area contributed by atoms with Gasteiger partial charge in [0.05, 0.1) is 14.5 Å². The fourth-order valence-electron chi connectivity index (χ4n) is 1.40. The van der Waals surface area contributed by atoms with E-state index in [2.05, 4.69) is 20.9 Å². The molecule has 0 saturated carbocycles. The zero-order chi connectivity index (χ0) is 13.6. The van der Waals surface area contributed by atoms with E-state index < -0.39 is 5.82 Å². The maximum atomic E-state index is 13.9. The van der Waals surface area contributed by atoms with Crippen molar-refractivity contribution in [2.24, 2.45) is 0 Å². The summed E-state index contributed by atoms with van der Waals surface area (Å²) in [6.07, 6.45) is 0. The van der Waals surface area contributed by atoms with Crippen LogP contribution >= 0.6 is 50.7 Å². The highest BCUT2D eigenvalue weighted by atomic mass is 79.9. The Kier molecular flexibility index (Phi) is 3.87. The van der Waals surface area contributed by atoms with E-state index in [-0.39, 0.29) is 41.5 Å². The molecule has 0 aliphatic rings. The minimum absolute atomic E-state index is 0.0221. The van der Waals surface area contributed by atoms with Crippen LogP contribution in [-0.2, 0) is 0 Å². The largest absolute Gasteiger partial charge is 0.264 e. The van der Waals surface area contributed by atoms with Crippen LogP contribution in [-0.4, -0.2) is 15.4 Å². The van der Waals surface area contributed by atoms with E-state index in [9.17, 15) is 4.39 Å². The van der Waals surface area contributed by atoms with Gasteiger partial charge in [-0.3, -0.25) is 10.4 Å². The second kappa shape index (κ2) is 4.96. The molecule has 96 valence electrons. The molecule has 0 saturated heterocycles. The predicted octanol–water partition coefficient (Wildman–Crippen LogP) is 4.68. The average Bonchev–Trinajstić information content (AvgIpc) is 2.28. The Morgan fingerprint density at radius 1 is 1.28 bits per heavy atom. The van der Waals surface area contributed by atoms with Gasteiger partial charge in [0.25, 0.3) is 0 Å². The number of aromatic nitrogens is 1. The highest BCUT2D eigenvalue weighted by Crippen LogP contribution is 2.40. The molecule has 0 bridgehead atoms. The highest BCUT2D eigenvalue weighted by molar-refractivity contribution is 9.10. The number of halogens is 5. The quantitative estimate of drug-likeness (QED) is 0.431. The van der Waals surface area contributed by atoms with Crippen molar-refractivity contribution in [3.63, 3.8) is 0 Å². The van der Waals surface area contributed by atoms with E-state index in [1.807, 2.05) is 0 Å². The van der Waals surface area contributed by atoms with Gasteiger partial charge in [-0.1, -0.05) is 34.8 Å². The minimum Gasteiger partial charge on any atom is -0.264 e. The molecule has 2 N–H and O–H groups in total. The third-order valence-electron chi connectivity index (χ3n) is 2.19. The Balaban J connectivity index is 2.96. The van der Waals surface area contributed by atoms with Crippen LogP contribution in [0.3, 0.4) is 0 Å². The molecule has 0 radical (unpaired) electrons. The van der Waals surface area contributed by atoms with Gasteiger partial charge < -0.3 is 0 Å². The molecule has 1 heterocycles. The van der Waals surface area contributed by atoms with Gasteiger partial charge in [0, 0.05) is 5.39 Å². The van der Waals surface area contributed by atoms with Gasteiger partial charge >= 0.3 is 0 Å². The van der Waals surface area contributed by atoms with Crippen LogP contribution in [0.4, 0.5) is 10.1 Å². The fourth-order valence-corrected chi connectivity index (χ4v) is 2.51. The molecule has 0 atom stereocenters. The third-order valence-corrected chi connectivity index (χ3v) is 4.13. The molecule has 0 spiro atoms. The van der Waals surface area contributed by atoms with Crippen molar-refractivity contribution in [2.45, 2.75) is 0 Å². The summed E-state index contributed by atoms with van der Waals surface area (Å²) in [6.45, 7) is 0. The standard InChI is InChI=1S/C9H3BrCl3FN2O2/c10-4-3(11)1-2-5(12)8(16(17)18)9(13)15-7(2)6(4)14/h1,17-18H. The Labute approximate surface area is 124 Å². The molecule has 1 aromatic heterocycles. The lowest BCUT2D eigenvalue weighted by atomic mass is 10.2. The number of benzene rings is 1. The van der Waals surface area contributed by atoms with Crippen LogP contribution in [0.15, 0.2) is 10.5 Å². The molecule has 0 amide bonds. The van der Waals surface area contributed by atoms with E-state index >= 15 is 0 Å². The van der Waals surface area contributed by atoms with E-state index in [0.29, 0.717) is 0 Å². The molecule has 0 aliphatic heterocycles. The lowest BCUT2D eigenvalue weighted by Crippen LogP contribution is -2.13. The van der Waals surface area contributed by atoms with Crippen molar-refractivity contribution in [1.82, 2.24) is 4.98 Å². The summed E-state index contributed by atoms with van der Waals surface area (Å²) in [5, 5.41) is 17.3. The summed E-state index contributed by atoms with van der Waals surface area (Å²) in [5.74, 6) is -0.740. The third kappa shape index (κ3) is 2.13. The Hall–Kier alpha value is -0.370. The molecule has 2 rings (SSSR count). The van der Waals surface area contributed by atoms with E-state index in [1.54, 1.807) is 0 Å². The second-order valence-electron chi connectivity index (χ2n) is 3.24. The zero-order valence-corrected chi connectivity index (χ0v) is 12.1. The lowest BCUT2D eigenvalue weighted by Gasteiger charge is -2.14. The van der Waals surface area contributed by atoms with E-state index in [4.69, 9.17) is 45.2 Å². The molecule has 9 heteroatoms. The van der Waals surface area contributed by atoms with Gasteiger partial charge in [-0.2, -0.15) is 0 Å². The molecule has 18 heavy (non-hydrogen) atoms. The van der Waals surface area contributed by atoms with E-state index in [0.717, 1.165) is 0 Å². The van der Waals surface area contributed by atoms with E-state index in [1.165, 1.54) is 6.07 Å². The normalized spacial score (nSPS) is 11.1. The Morgan fingerprint density at radius 2 is 1.89 bits per heavy atom. The zero-order valence-electron chi connectivity index (χ0n) is 8.26. The van der Waals surface area contributed by atoms with Crippen LogP contribution < -0.4 is 5.23 Å². The number of hydrogen-bond donors (Lipinski definition) is 2. The molecule has 4 nitrogen and oxygen atoms in total. The van der Waals surface area contributed by atoms with Crippen LogP contribution in [0.5, 0.6) is 0 Å². The van der Waals surface area contributed by atoms with Crippen LogP contribution in [0, 0.1) is 5.82 Å². The molecule has 2 aromatic rings. The van der Waals surface area contributed by atoms with Crippen LogP contribution in [0.2, 0.25) is 15.2 Å². The highest BCUT2D eigenvalue weighted by Gasteiger charge is 2.21. The van der Waals surface area contributed by atoms with Crippen LogP contribution in [0.25, 0.3) is 10.9 Å². The Bertz CT molecular complexity index is 654. The van der Waals surface area contributed by atoms with Crippen molar-refractivity contribution in [2.75, 3.05) is 5.23 Å². The first kappa shape index (κ1) is 14.0. The first-order chi connectivity index (χ1) is 8.34. The number of pyridine rings is 1. The molecule has 0 aliphatic carbocycles. The molecule has 0 unspecified atom stereocenters. The fraction of sp³-hybridized carbons (Fsp3) is 0. The summed E-state index contributed by atoms with van der Waals surface area (Å²) in [5.41, 5.74) is -0.490. The van der Waals surface area contributed by atoms with Crippen LogP contribution in [0.1, 0.15) is 0 Å². The van der Waals surface area contributed by atoms with Gasteiger partial charge in [-0.15, -0.1) is 5.23 Å². The average molecular weight is 376 g/mol. The molecule has 0 fully saturated rings. The maximum Gasteiger partial charge on any atom is 0.165 e. The summed E-state index contributed by atoms with van der Waals surface area (Å²) >= 11 is 20.4. The SMILES string of the molecule is ON(O)c1c(Cl)nc2c(F)c(Br)c(Cl)cc2c1Cl. The van der Waals surface area contributed by atoms with Gasteiger partial charge in [-0.25, -0.2) is 9.37 Å². The van der Waals surface area contributed by atoms with Crippen molar-refractivity contribution in [1.29, 1.82) is 0 Å². The van der Waals surface area contributed by atoms with Crippen molar-refractivity contribution in [3.05, 3.63) is 31.6 Å². The number of nitrogens with zero attached hydrogens (tertiary/aromatic N) is 2. The monoisotopic (exact) mass is 374 g/mol. The van der Waals surface area contributed by atoms with Crippen molar-refractivity contribution in [3.8, 4) is 0 Å². The van der Waals surface area contributed by atoms with Crippen molar-refractivity contribution < 1.29 is 14.8 Å². The maximum absolute atomic E-state index is 13.9. The second-order valence-corrected chi connectivity index (χ2v) is 5.17. The summed E-state index contributed by atoms with van der Waals surface area (Å²) < 4.78 is 13.9. The first-order valence-electron chi connectivity index (χ1n) is 4.34. The number of hydrogen-bond acceptors (Lipinski definition) is 4. The summed E-state index contributed by atoms with van der Waals surface area (Å²) in [7, 11) is 0. The van der Waals surface area contributed by atoms with Gasteiger partial charge in [-0.05, 0) is 22.0 Å². The van der Waals surface area contributed by atoms with Gasteiger partial charge in [0.15, 0.2) is 16.7 Å². The number of anilines is 1. The Morgan fingerprint density at radius 3 is 2.44 bits per heavy atom. The molecular formula is C9H3BrCl3FN2O2. The molecule has 1 aromatic carbocycles. The smallest absolute Gasteiger partial charge is 0.165 e. The number of fused-ring (bicyclic) bond motifs is 1. The van der Waals surface area contributed by atoms with Crippen molar-refractivity contribution >= 4 is 67.3 Å². The minimum atomic E-state index is -0.740. The topological polar surface area (TPSA) is 56.6 Å². The summed E-state index contributed by atoms with van der Waals surface area (Å²) in [4.78, 5) is 3.71. The van der Waals surface area contributed by atoms with Gasteiger partial charge in [0.1, 0.15) is 5.52 Å². The summed E-state index contributed by atoms with van der Waals surface area (Å²) in [6, 6.07) is 1.34. The number of rotatable bonds is 1. The lowest BCUT2D eigenvalue weighted by molar-refractivity contribution is 0.0292. The molecular weight excluding hydrogens is 373 g/mol. The first-order valence-corrected chi connectivity index (χ1v) is 6.27.